The summed E-state index contributed by atoms with van der Waals surface area (Å²) >= 11 is 4.28. The molecule has 0 saturated carbocycles. The first-order valence-corrected chi connectivity index (χ1v) is 7.80. The highest BCUT2D eigenvalue weighted by Crippen LogP contribution is 2.18. The summed E-state index contributed by atoms with van der Waals surface area (Å²) in [6.45, 7) is 6.27. The second kappa shape index (κ2) is 9.17. The maximum Gasteiger partial charge on any atom is 0.407 e. The van der Waals surface area contributed by atoms with Gasteiger partial charge in [-0.25, -0.2) is 14.6 Å². The van der Waals surface area contributed by atoms with Crippen molar-refractivity contribution in [3.8, 4) is 0 Å². The average Bonchev–Trinajstić information content (AvgIpc) is 2.49. The summed E-state index contributed by atoms with van der Waals surface area (Å²) in [5.41, 5.74) is -0.175. The van der Waals surface area contributed by atoms with E-state index in [0.29, 0.717) is 29.4 Å². The smallest absolute Gasteiger partial charge is 0.407 e. The van der Waals surface area contributed by atoms with Gasteiger partial charge in [-0.05, 0) is 26.8 Å². The van der Waals surface area contributed by atoms with Crippen LogP contribution in [-0.2, 0) is 9.47 Å². The molecule has 0 bridgehead atoms. The Morgan fingerprint density at radius 2 is 1.96 bits per heavy atom. The van der Waals surface area contributed by atoms with Crippen LogP contribution in [0.2, 0.25) is 0 Å². The summed E-state index contributed by atoms with van der Waals surface area (Å²) in [6.07, 6.45) is 4.58. The number of nitrogens with zero attached hydrogens (tertiary/aromatic N) is 1. The highest BCUT2D eigenvalue weighted by molar-refractivity contribution is 7.80. The average molecular weight is 353 g/mol. The zero-order valence-electron chi connectivity index (χ0n) is 14.3. The first-order valence-electron chi connectivity index (χ1n) is 7.36. The number of amides is 1. The Morgan fingerprint density at radius 3 is 2.54 bits per heavy atom. The van der Waals surface area contributed by atoms with Gasteiger partial charge < -0.3 is 20.1 Å². The van der Waals surface area contributed by atoms with Crippen LogP contribution in [0.5, 0.6) is 0 Å². The van der Waals surface area contributed by atoms with Gasteiger partial charge in [0.05, 0.1) is 12.7 Å². The molecule has 1 amide bonds. The molecule has 0 fully saturated rings. The van der Waals surface area contributed by atoms with Gasteiger partial charge in [0, 0.05) is 24.2 Å². The molecule has 0 aliphatic carbocycles. The van der Waals surface area contributed by atoms with Gasteiger partial charge in [-0.15, -0.1) is 12.6 Å². The SMILES string of the molecule is COC(=O)c1cnc(NC/C=C/CNC(=O)OC(C)(C)C)c(S)c1. The Kier molecular flexibility index (Phi) is 7.57. The third-order valence-corrected chi connectivity index (χ3v) is 2.95. The van der Waals surface area contributed by atoms with Gasteiger partial charge >= 0.3 is 12.1 Å². The van der Waals surface area contributed by atoms with Crippen LogP contribution >= 0.6 is 12.6 Å². The molecule has 0 aliphatic rings. The second-order valence-corrected chi connectivity index (χ2v) is 6.30. The van der Waals surface area contributed by atoms with Gasteiger partial charge in [-0.1, -0.05) is 12.2 Å². The third-order valence-electron chi connectivity index (χ3n) is 2.61. The number of carbonyl (C=O) groups excluding carboxylic acids is 2. The number of esters is 1. The fourth-order valence-corrected chi connectivity index (χ4v) is 1.87. The third kappa shape index (κ3) is 7.36. The summed E-state index contributed by atoms with van der Waals surface area (Å²) in [4.78, 5) is 27.5. The number of hydrogen-bond acceptors (Lipinski definition) is 7. The predicted octanol–water partition coefficient (Wildman–Crippen LogP) is 2.65. The van der Waals surface area contributed by atoms with Crippen molar-refractivity contribution in [3.05, 3.63) is 30.0 Å². The van der Waals surface area contributed by atoms with Crippen molar-refractivity contribution in [2.24, 2.45) is 0 Å². The summed E-state index contributed by atoms with van der Waals surface area (Å²) in [5.74, 6) is 0.0909. The Hall–Kier alpha value is -2.22. The Labute approximate surface area is 147 Å². The molecule has 1 heterocycles. The van der Waals surface area contributed by atoms with Crippen molar-refractivity contribution in [3.63, 3.8) is 0 Å². The molecule has 0 aliphatic heterocycles. The molecule has 1 aromatic rings. The molecule has 1 rings (SSSR count). The van der Waals surface area contributed by atoms with Crippen LogP contribution < -0.4 is 10.6 Å². The van der Waals surface area contributed by atoms with Crippen LogP contribution in [0.3, 0.4) is 0 Å². The number of anilines is 1. The Bertz CT molecular complexity index is 612. The van der Waals surface area contributed by atoms with E-state index < -0.39 is 17.7 Å². The molecule has 0 unspecified atom stereocenters. The quantitative estimate of drug-likeness (QED) is 0.414. The maximum absolute atomic E-state index is 11.4. The summed E-state index contributed by atoms with van der Waals surface area (Å²) in [6, 6.07) is 1.58. The number of rotatable bonds is 6. The van der Waals surface area contributed by atoms with Crippen molar-refractivity contribution < 1.29 is 19.1 Å². The number of thiol groups is 1. The molecule has 132 valence electrons. The summed E-state index contributed by atoms with van der Waals surface area (Å²) in [7, 11) is 1.31. The van der Waals surface area contributed by atoms with Gasteiger partial charge in [0.2, 0.25) is 0 Å². The minimum Gasteiger partial charge on any atom is -0.465 e. The summed E-state index contributed by atoms with van der Waals surface area (Å²) < 4.78 is 9.73. The van der Waals surface area contributed by atoms with E-state index in [1.807, 2.05) is 6.08 Å². The number of ether oxygens (including phenoxy) is 2. The first kappa shape index (κ1) is 19.8. The zero-order valence-corrected chi connectivity index (χ0v) is 15.1. The molecule has 0 atom stereocenters. The van der Waals surface area contributed by atoms with Gasteiger partial charge in [0.25, 0.3) is 0 Å². The van der Waals surface area contributed by atoms with E-state index in [4.69, 9.17) is 4.74 Å². The van der Waals surface area contributed by atoms with Crippen molar-refractivity contribution in [1.29, 1.82) is 0 Å². The minimum absolute atomic E-state index is 0.338. The molecular formula is C16H23N3O4S. The number of pyridine rings is 1. The van der Waals surface area contributed by atoms with E-state index in [-0.39, 0.29) is 0 Å². The monoisotopic (exact) mass is 353 g/mol. The minimum atomic E-state index is -0.514. The maximum atomic E-state index is 11.4. The molecule has 8 heteroatoms. The van der Waals surface area contributed by atoms with Crippen LogP contribution in [0.1, 0.15) is 31.1 Å². The van der Waals surface area contributed by atoms with Crippen LogP contribution in [0.15, 0.2) is 29.3 Å². The normalized spacial score (nSPS) is 11.2. The number of alkyl carbamates (subject to hydrolysis) is 1. The largest absolute Gasteiger partial charge is 0.465 e. The van der Waals surface area contributed by atoms with E-state index in [1.54, 1.807) is 32.9 Å². The van der Waals surface area contributed by atoms with E-state index in [2.05, 4.69) is 33.0 Å². The lowest BCUT2D eigenvalue weighted by Gasteiger charge is -2.19. The molecule has 24 heavy (non-hydrogen) atoms. The highest BCUT2D eigenvalue weighted by atomic mass is 32.1. The molecule has 0 saturated heterocycles. The van der Waals surface area contributed by atoms with E-state index in [1.165, 1.54) is 13.3 Å². The molecule has 2 N–H and O–H groups in total. The van der Waals surface area contributed by atoms with Crippen LogP contribution in [0.4, 0.5) is 10.6 Å². The molecular weight excluding hydrogens is 330 g/mol. The lowest BCUT2D eigenvalue weighted by molar-refractivity contribution is 0.0532. The van der Waals surface area contributed by atoms with Crippen molar-refractivity contribution >= 4 is 30.5 Å². The van der Waals surface area contributed by atoms with Crippen LogP contribution in [0, 0.1) is 0 Å². The highest BCUT2D eigenvalue weighted by Gasteiger charge is 2.15. The lowest BCUT2D eigenvalue weighted by atomic mass is 10.2. The molecule has 7 nitrogen and oxygen atoms in total. The fourth-order valence-electron chi connectivity index (χ4n) is 1.60. The van der Waals surface area contributed by atoms with Crippen LogP contribution in [-0.4, -0.2) is 42.8 Å². The number of hydrogen-bond donors (Lipinski definition) is 3. The van der Waals surface area contributed by atoms with Crippen molar-refractivity contribution in [1.82, 2.24) is 10.3 Å². The van der Waals surface area contributed by atoms with Crippen molar-refractivity contribution in [2.45, 2.75) is 31.3 Å². The van der Waals surface area contributed by atoms with E-state index >= 15 is 0 Å². The van der Waals surface area contributed by atoms with Gasteiger partial charge in [-0.2, -0.15) is 0 Å². The number of carbonyl (C=O) groups is 2. The number of nitrogens with one attached hydrogen (secondary N) is 2. The van der Waals surface area contributed by atoms with Gasteiger partial charge in [0.15, 0.2) is 0 Å². The van der Waals surface area contributed by atoms with Crippen molar-refractivity contribution in [2.75, 3.05) is 25.5 Å². The Morgan fingerprint density at radius 1 is 1.29 bits per heavy atom. The zero-order chi connectivity index (χ0) is 18.2. The standard InChI is InChI=1S/C16H23N3O4S/c1-16(2,3)23-15(21)18-8-6-5-7-17-13-12(24)9-11(10-19-13)14(20)22-4/h5-6,9-10,24H,7-8H2,1-4H3,(H,17,19)(H,18,21)/b6-5+. The molecule has 0 spiro atoms. The molecule has 0 aromatic carbocycles. The fraction of sp³-hybridized carbons (Fsp3) is 0.438. The van der Waals surface area contributed by atoms with E-state index in [9.17, 15) is 9.59 Å². The first-order chi connectivity index (χ1) is 11.2. The predicted molar refractivity (Wildman–Crippen MR) is 94.7 cm³/mol. The topological polar surface area (TPSA) is 89.5 Å². The summed E-state index contributed by atoms with van der Waals surface area (Å²) in [5, 5.41) is 5.67. The number of aromatic nitrogens is 1. The second-order valence-electron chi connectivity index (χ2n) is 5.82. The van der Waals surface area contributed by atoms with Gasteiger partial charge in [0.1, 0.15) is 11.4 Å². The lowest BCUT2D eigenvalue weighted by Crippen LogP contribution is -2.32. The molecule has 0 radical (unpaired) electrons. The van der Waals surface area contributed by atoms with Crippen LogP contribution in [0.25, 0.3) is 0 Å². The number of methoxy groups -OCH3 is 1. The Balaban J connectivity index is 2.37. The molecule has 1 aromatic heterocycles. The van der Waals surface area contributed by atoms with Gasteiger partial charge in [-0.3, -0.25) is 0 Å². The van der Waals surface area contributed by atoms with E-state index in [0.717, 1.165) is 0 Å².